The third kappa shape index (κ3) is 6.24. The fourth-order valence-electron chi connectivity index (χ4n) is 3.20. The number of methoxy groups -OCH3 is 1. The predicted molar refractivity (Wildman–Crippen MR) is 131 cm³/mol. The number of ketones is 1. The second-order valence-electron chi connectivity index (χ2n) is 7.09. The largest absolute Gasteiger partial charge is 0.453 e. The summed E-state index contributed by atoms with van der Waals surface area (Å²) in [6, 6.07) is 23.3. The molecule has 3 aromatic carbocycles. The molecule has 0 aliphatic rings. The summed E-state index contributed by atoms with van der Waals surface area (Å²) < 4.78 is 4.58. The predicted octanol–water partition coefficient (Wildman–Crippen LogP) is 4.52. The zero-order chi connectivity index (χ0) is 23.8. The lowest BCUT2D eigenvalue weighted by Gasteiger charge is -2.25. The summed E-state index contributed by atoms with van der Waals surface area (Å²) >= 11 is 5.21. The minimum Gasteiger partial charge on any atom is -0.453 e. The maximum Gasteiger partial charge on any atom is 0.413 e. The summed E-state index contributed by atoms with van der Waals surface area (Å²) in [6.07, 6.45) is -0.738. The molecule has 0 radical (unpaired) electrons. The van der Waals surface area contributed by atoms with Crippen LogP contribution < -0.4 is 15.5 Å². The van der Waals surface area contributed by atoms with Gasteiger partial charge in [-0.25, -0.2) is 4.79 Å². The number of hydrogen-bond donors (Lipinski definition) is 2. The van der Waals surface area contributed by atoms with Crippen LogP contribution in [-0.2, 0) is 16.1 Å². The van der Waals surface area contributed by atoms with Gasteiger partial charge in [-0.2, -0.15) is 0 Å². The van der Waals surface area contributed by atoms with E-state index < -0.39 is 6.09 Å². The molecule has 0 heterocycles. The van der Waals surface area contributed by atoms with E-state index in [9.17, 15) is 14.4 Å². The topological polar surface area (TPSA) is 87.7 Å². The lowest BCUT2D eigenvalue weighted by atomic mass is 10.0. The zero-order valence-electron chi connectivity index (χ0n) is 18.2. The third-order valence-corrected chi connectivity index (χ3v) is 5.00. The molecule has 0 saturated heterocycles. The average Bonchev–Trinajstić information content (AvgIpc) is 2.83. The Balaban J connectivity index is 2.01. The highest BCUT2D eigenvalue weighted by Gasteiger charge is 2.20. The molecule has 0 saturated carbocycles. The molecule has 2 amide bonds. The lowest BCUT2D eigenvalue weighted by Crippen LogP contribution is -2.35. The van der Waals surface area contributed by atoms with Gasteiger partial charge in [0, 0.05) is 18.1 Å². The SMILES string of the molecule is COC(=O)NC(=S)Nc1cc(C(=O)c2ccccc2)ccc1N(Cc1ccccc1)C(C)=O. The number of ether oxygens (including phenoxy) is 1. The Labute approximate surface area is 197 Å². The summed E-state index contributed by atoms with van der Waals surface area (Å²) in [5.74, 6) is -0.384. The molecular formula is C25H23N3O4S. The summed E-state index contributed by atoms with van der Waals surface area (Å²) in [7, 11) is 1.22. The number of carbonyl (C=O) groups excluding carboxylic acids is 3. The molecule has 0 aromatic heterocycles. The van der Waals surface area contributed by atoms with Crippen LogP contribution in [-0.4, -0.2) is 30.0 Å². The minimum absolute atomic E-state index is 0.0318. The molecule has 168 valence electrons. The van der Waals surface area contributed by atoms with E-state index in [-0.39, 0.29) is 16.8 Å². The average molecular weight is 462 g/mol. The number of rotatable bonds is 6. The minimum atomic E-state index is -0.738. The van der Waals surface area contributed by atoms with Crippen LogP contribution in [0.3, 0.4) is 0 Å². The number of carbonyl (C=O) groups is 3. The standard InChI is InChI=1S/C25H23N3O4S/c1-17(29)28(16-18-9-5-3-6-10-18)22-14-13-20(23(30)19-11-7-4-8-12-19)15-21(22)26-24(33)27-25(31)32-2/h3-15H,16H2,1-2H3,(H2,26,27,31,33). The van der Waals surface area contributed by atoms with Crippen molar-refractivity contribution in [3.63, 3.8) is 0 Å². The van der Waals surface area contributed by atoms with Crippen LogP contribution in [0.5, 0.6) is 0 Å². The van der Waals surface area contributed by atoms with Crippen LogP contribution in [0.1, 0.15) is 28.4 Å². The van der Waals surface area contributed by atoms with Gasteiger partial charge in [0.2, 0.25) is 5.91 Å². The number of benzene rings is 3. The summed E-state index contributed by atoms with van der Waals surface area (Å²) in [4.78, 5) is 38.7. The summed E-state index contributed by atoms with van der Waals surface area (Å²) in [5.41, 5.74) is 2.75. The van der Waals surface area contributed by atoms with Crippen molar-refractivity contribution in [3.05, 3.63) is 95.6 Å². The summed E-state index contributed by atoms with van der Waals surface area (Å²) in [5, 5.41) is 5.26. The smallest absolute Gasteiger partial charge is 0.413 e. The first-order valence-electron chi connectivity index (χ1n) is 10.1. The van der Waals surface area contributed by atoms with Crippen LogP contribution >= 0.6 is 12.2 Å². The fourth-order valence-corrected chi connectivity index (χ4v) is 3.39. The molecule has 8 heteroatoms. The van der Waals surface area contributed by atoms with Gasteiger partial charge in [-0.1, -0.05) is 60.7 Å². The van der Waals surface area contributed by atoms with Gasteiger partial charge >= 0.3 is 6.09 Å². The third-order valence-electron chi connectivity index (χ3n) is 4.80. The van der Waals surface area contributed by atoms with E-state index in [1.165, 1.54) is 14.0 Å². The van der Waals surface area contributed by atoms with E-state index in [0.717, 1.165) is 5.56 Å². The first-order chi connectivity index (χ1) is 15.9. The van der Waals surface area contributed by atoms with Crippen molar-refractivity contribution in [1.82, 2.24) is 5.32 Å². The van der Waals surface area contributed by atoms with Gasteiger partial charge in [-0.3, -0.25) is 14.9 Å². The van der Waals surface area contributed by atoms with Crippen LogP contribution in [0.4, 0.5) is 16.2 Å². The quantitative estimate of drug-likeness (QED) is 0.414. The number of anilines is 2. The highest BCUT2D eigenvalue weighted by molar-refractivity contribution is 7.80. The van der Waals surface area contributed by atoms with Gasteiger partial charge in [0.05, 0.1) is 25.0 Å². The van der Waals surface area contributed by atoms with E-state index in [1.807, 2.05) is 36.4 Å². The number of alkyl carbamates (subject to hydrolysis) is 1. The van der Waals surface area contributed by atoms with Crippen molar-refractivity contribution in [2.45, 2.75) is 13.5 Å². The van der Waals surface area contributed by atoms with Gasteiger partial charge < -0.3 is 15.0 Å². The Hall–Kier alpha value is -4.04. The zero-order valence-corrected chi connectivity index (χ0v) is 19.0. The molecule has 0 aliphatic heterocycles. The van der Waals surface area contributed by atoms with E-state index in [0.29, 0.717) is 29.0 Å². The Morgan fingerprint density at radius 2 is 1.55 bits per heavy atom. The number of hydrogen-bond acceptors (Lipinski definition) is 5. The Bertz CT molecular complexity index is 1170. The molecule has 3 rings (SSSR count). The maximum atomic E-state index is 13.0. The molecule has 0 fully saturated rings. The molecule has 33 heavy (non-hydrogen) atoms. The maximum absolute atomic E-state index is 13.0. The molecular weight excluding hydrogens is 438 g/mol. The van der Waals surface area contributed by atoms with Crippen LogP contribution in [0.15, 0.2) is 78.9 Å². The second-order valence-corrected chi connectivity index (χ2v) is 7.50. The first-order valence-corrected chi connectivity index (χ1v) is 10.5. The van der Waals surface area contributed by atoms with E-state index >= 15 is 0 Å². The summed E-state index contributed by atoms with van der Waals surface area (Å²) in [6.45, 7) is 1.77. The monoisotopic (exact) mass is 461 g/mol. The van der Waals surface area contributed by atoms with E-state index in [2.05, 4.69) is 15.4 Å². The van der Waals surface area contributed by atoms with Crippen molar-refractivity contribution < 1.29 is 19.1 Å². The number of nitrogens with one attached hydrogen (secondary N) is 2. The van der Waals surface area contributed by atoms with Crippen molar-refractivity contribution in [2.75, 3.05) is 17.3 Å². The van der Waals surface area contributed by atoms with Crippen molar-refractivity contribution in [1.29, 1.82) is 0 Å². The Morgan fingerprint density at radius 1 is 0.909 bits per heavy atom. The fraction of sp³-hybridized carbons (Fsp3) is 0.120. The molecule has 0 atom stereocenters. The molecule has 0 aliphatic carbocycles. The highest BCUT2D eigenvalue weighted by Crippen LogP contribution is 2.30. The normalized spacial score (nSPS) is 10.1. The molecule has 2 N–H and O–H groups in total. The number of thiocarbonyl (C=S) groups is 1. The van der Waals surface area contributed by atoms with Gasteiger partial charge in [0.25, 0.3) is 0 Å². The Morgan fingerprint density at radius 3 is 2.15 bits per heavy atom. The molecule has 7 nitrogen and oxygen atoms in total. The lowest BCUT2D eigenvalue weighted by molar-refractivity contribution is -0.116. The van der Waals surface area contributed by atoms with Gasteiger partial charge in [0.1, 0.15) is 0 Å². The molecule has 3 aromatic rings. The van der Waals surface area contributed by atoms with Crippen molar-refractivity contribution in [3.8, 4) is 0 Å². The van der Waals surface area contributed by atoms with Crippen molar-refractivity contribution >= 4 is 46.5 Å². The molecule has 0 bridgehead atoms. The van der Waals surface area contributed by atoms with E-state index in [4.69, 9.17) is 12.2 Å². The van der Waals surface area contributed by atoms with E-state index in [1.54, 1.807) is 47.4 Å². The highest BCUT2D eigenvalue weighted by atomic mass is 32.1. The van der Waals surface area contributed by atoms with Crippen LogP contribution in [0, 0.1) is 0 Å². The number of nitrogens with zero attached hydrogens (tertiary/aromatic N) is 1. The van der Waals surface area contributed by atoms with Crippen molar-refractivity contribution in [2.24, 2.45) is 0 Å². The van der Waals surface area contributed by atoms with Gasteiger partial charge in [-0.15, -0.1) is 0 Å². The molecule has 0 unspecified atom stereocenters. The van der Waals surface area contributed by atoms with Crippen LogP contribution in [0.25, 0.3) is 0 Å². The van der Waals surface area contributed by atoms with Crippen LogP contribution in [0.2, 0.25) is 0 Å². The Kier molecular flexibility index (Phi) is 7.88. The van der Waals surface area contributed by atoms with Gasteiger partial charge in [-0.05, 0) is 36.0 Å². The van der Waals surface area contributed by atoms with Gasteiger partial charge in [0.15, 0.2) is 10.9 Å². The molecule has 0 spiro atoms. The number of amides is 2. The second kappa shape index (κ2) is 11.0. The first kappa shape index (κ1) is 23.6.